The van der Waals surface area contributed by atoms with Crippen molar-refractivity contribution in [1.29, 1.82) is 0 Å². The molecule has 0 aromatic rings. The number of unbranched alkanes of at least 4 members (excludes halogenated alkanes) is 2. The molecule has 422 valence electrons. The van der Waals surface area contributed by atoms with Crippen LogP contribution in [0.1, 0.15) is 151 Å². The summed E-state index contributed by atoms with van der Waals surface area (Å²) in [5.41, 5.74) is 5.68. The predicted molar refractivity (Wildman–Crippen MR) is 276 cm³/mol. The molecule has 0 aromatic carbocycles. The van der Waals surface area contributed by atoms with Crippen LogP contribution in [0.3, 0.4) is 0 Å². The Hall–Kier alpha value is -3.50. The minimum atomic E-state index is -2.24. The first-order chi connectivity index (χ1) is 34.3. The first kappa shape index (κ1) is 65.6. The van der Waals surface area contributed by atoms with Crippen LogP contribution in [0.15, 0.2) is 41.4 Å². The quantitative estimate of drug-likeness (QED) is 0.0294. The molecule has 19 unspecified atom stereocenters. The van der Waals surface area contributed by atoms with Crippen LogP contribution >= 0.6 is 0 Å². The van der Waals surface area contributed by atoms with Gasteiger partial charge >= 0.3 is 17.9 Å². The zero-order valence-corrected chi connectivity index (χ0v) is 44.8. The zero-order valence-electron chi connectivity index (χ0n) is 44.8. The number of aliphatic imine (C=N–C) groups is 1. The van der Waals surface area contributed by atoms with E-state index in [2.05, 4.69) is 29.4 Å². The van der Waals surface area contributed by atoms with Gasteiger partial charge in [-0.15, -0.1) is 0 Å². The Kier molecular flexibility index (Phi) is 30.1. The minimum Gasteiger partial charge on any atom is -0.481 e. The van der Waals surface area contributed by atoms with Gasteiger partial charge < -0.3 is 76.3 Å². The fraction of sp³-hybridized carbons (Fsp3) is 0.815. The van der Waals surface area contributed by atoms with E-state index in [4.69, 9.17) is 19.9 Å². The number of cyclic esters (lactones) is 1. The van der Waals surface area contributed by atoms with Crippen LogP contribution in [0.2, 0.25) is 0 Å². The molecule has 0 spiro atoms. The number of aliphatic carboxylic acids is 1. The lowest BCUT2D eigenvalue weighted by Crippen LogP contribution is -2.58. The standard InChI is InChI=1S/C54H95N3O16/c1-32-16-19-42(59)38(7)46(63)30-44(61)34(3)18-21-49(67)72-51(36(5)25-33(2)15-13-11-9-10-12-14-24-57-53(55)56-8)35(4)17-20-43(60)37(6)45(62)27-39(58)26-40(71-50(68)31-48(65)66)28-41-29-47(64)52(69)54(70,73-41)23-22-32/h9-10,17-18,20-21,32-47,51-52,58-64,69-70H,11-16,19,22-31H2,1-8H3,(H,65,66)(H3,55,56,57)/b10-9+,20-17-,21-18-. The summed E-state index contributed by atoms with van der Waals surface area (Å²) in [7, 11) is 1.63. The number of nitrogens with zero attached hydrogens (tertiary/aromatic N) is 1. The number of fused-ring (bicyclic) bond motifs is 2. The molecule has 2 heterocycles. The van der Waals surface area contributed by atoms with E-state index in [0.29, 0.717) is 12.4 Å². The van der Waals surface area contributed by atoms with Crippen molar-refractivity contribution in [3.63, 3.8) is 0 Å². The third-order valence-electron chi connectivity index (χ3n) is 14.9. The molecule has 19 atom stereocenters. The summed E-state index contributed by atoms with van der Waals surface area (Å²) in [5, 5.41) is 113. The summed E-state index contributed by atoms with van der Waals surface area (Å²) in [4.78, 5) is 41.3. The summed E-state index contributed by atoms with van der Waals surface area (Å²) in [6.07, 6.45) is 1.48. The topological polar surface area (TPSA) is 332 Å². The lowest BCUT2D eigenvalue weighted by molar-refractivity contribution is -0.327. The third kappa shape index (κ3) is 24.8. The number of guanidine groups is 1. The Balaban J connectivity index is 2.38. The van der Waals surface area contributed by atoms with Crippen molar-refractivity contribution in [3.8, 4) is 0 Å². The highest BCUT2D eigenvalue weighted by atomic mass is 16.7. The zero-order chi connectivity index (χ0) is 55.0. The fourth-order valence-electron chi connectivity index (χ4n) is 9.73. The molecule has 2 aliphatic rings. The Morgan fingerprint density at radius 2 is 1.48 bits per heavy atom. The number of allylic oxidation sites excluding steroid dienone is 2. The maximum Gasteiger partial charge on any atom is 0.330 e. The third-order valence-corrected chi connectivity index (χ3v) is 14.9. The number of nitrogens with two attached hydrogens (primary N) is 1. The second kappa shape index (κ2) is 33.5. The molecule has 19 nitrogen and oxygen atoms in total. The van der Waals surface area contributed by atoms with Gasteiger partial charge in [-0.1, -0.05) is 85.3 Å². The maximum absolute atomic E-state index is 13.5. The number of ether oxygens (including phenoxy) is 3. The number of carboxylic acid groups (broad SMARTS) is 1. The summed E-state index contributed by atoms with van der Waals surface area (Å²) in [6.45, 7) is 13.6. The minimum absolute atomic E-state index is 0.0783. The molecule has 2 bridgehead atoms. The molecule has 13 N–H and O–H groups in total. The van der Waals surface area contributed by atoms with Crippen LogP contribution in [0.4, 0.5) is 0 Å². The van der Waals surface area contributed by atoms with Gasteiger partial charge in [0.25, 0.3) is 0 Å². The molecule has 1 fully saturated rings. The maximum atomic E-state index is 13.5. The molecule has 73 heavy (non-hydrogen) atoms. The number of carbonyl (C=O) groups is 3. The van der Waals surface area contributed by atoms with Crippen LogP contribution in [0, 0.1) is 41.4 Å². The normalized spacial score (nSPS) is 37.5. The van der Waals surface area contributed by atoms with Crippen molar-refractivity contribution in [2.24, 2.45) is 52.2 Å². The Morgan fingerprint density at radius 1 is 0.822 bits per heavy atom. The highest BCUT2D eigenvalue weighted by Gasteiger charge is 2.48. The lowest BCUT2D eigenvalue weighted by Gasteiger charge is -2.44. The second-order valence-electron chi connectivity index (χ2n) is 21.6. The number of carboxylic acids is 1. The van der Waals surface area contributed by atoms with E-state index in [-0.39, 0.29) is 69.1 Å². The number of aliphatic hydroxyl groups is 9. The number of aliphatic hydroxyl groups excluding tert-OH is 8. The van der Waals surface area contributed by atoms with Gasteiger partial charge in [-0.2, -0.15) is 0 Å². The van der Waals surface area contributed by atoms with Crippen molar-refractivity contribution >= 4 is 23.9 Å². The predicted octanol–water partition coefficient (Wildman–Crippen LogP) is 3.78. The summed E-state index contributed by atoms with van der Waals surface area (Å²) >= 11 is 0. The Bertz CT molecular complexity index is 1730. The molecule has 2 aliphatic heterocycles. The van der Waals surface area contributed by atoms with Gasteiger partial charge in [-0.05, 0) is 75.5 Å². The van der Waals surface area contributed by atoms with Crippen molar-refractivity contribution in [2.45, 2.75) is 224 Å². The van der Waals surface area contributed by atoms with Crippen molar-refractivity contribution in [2.75, 3.05) is 13.6 Å². The molecule has 0 saturated carbocycles. The van der Waals surface area contributed by atoms with E-state index in [1.54, 1.807) is 33.9 Å². The van der Waals surface area contributed by atoms with Gasteiger partial charge in [-0.3, -0.25) is 14.6 Å². The summed E-state index contributed by atoms with van der Waals surface area (Å²) in [6, 6.07) is 0. The van der Waals surface area contributed by atoms with E-state index in [0.717, 1.165) is 45.1 Å². The highest BCUT2D eigenvalue weighted by molar-refractivity contribution is 5.90. The van der Waals surface area contributed by atoms with Crippen LogP contribution in [-0.4, -0.2) is 161 Å². The lowest BCUT2D eigenvalue weighted by atomic mass is 9.84. The summed E-state index contributed by atoms with van der Waals surface area (Å²) < 4.78 is 17.5. The number of hydrogen-bond acceptors (Lipinski definition) is 16. The molecular formula is C54H95N3O16. The van der Waals surface area contributed by atoms with Crippen LogP contribution in [0.25, 0.3) is 0 Å². The van der Waals surface area contributed by atoms with Crippen LogP contribution in [-0.2, 0) is 28.6 Å². The average molecular weight is 1040 g/mol. The van der Waals surface area contributed by atoms with Crippen molar-refractivity contribution < 1.29 is 79.7 Å². The van der Waals surface area contributed by atoms with Gasteiger partial charge in [0.05, 0.1) is 48.8 Å². The molecule has 19 heteroatoms. The Morgan fingerprint density at radius 3 is 2.14 bits per heavy atom. The van der Waals surface area contributed by atoms with E-state index < -0.39 is 121 Å². The molecule has 2 rings (SSSR count). The molecule has 0 aromatic heterocycles. The number of carbonyl (C=O) groups excluding carboxylic acids is 2. The molecular weight excluding hydrogens is 947 g/mol. The first-order valence-corrected chi connectivity index (χ1v) is 26.7. The van der Waals surface area contributed by atoms with Crippen molar-refractivity contribution in [1.82, 2.24) is 5.32 Å². The first-order valence-electron chi connectivity index (χ1n) is 26.7. The molecule has 1 saturated heterocycles. The van der Waals surface area contributed by atoms with E-state index in [9.17, 15) is 65.4 Å². The number of rotatable bonds is 14. The smallest absolute Gasteiger partial charge is 0.330 e. The van der Waals surface area contributed by atoms with Crippen LogP contribution < -0.4 is 11.1 Å². The number of nitrogens with one attached hydrogen (secondary N) is 1. The van der Waals surface area contributed by atoms with Crippen molar-refractivity contribution in [3.05, 3.63) is 36.5 Å². The Labute approximate surface area is 434 Å². The molecule has 0 radical (unpaired) electrons. The molecule has 0 amide bonds. The highest BCUT2D eigenvalue weighted by Crippen LogP contribution is 2.36. The van der Waals surface area contributed by atoms with Crippen LogP contribution in [0.5, 0.6) is 0 Å². The van der Waals surface area contributed by atoms with E-state index in [1.807, 2.05) is 20.8 Å². The monoisotopic (exact) mass is 1040 g/mol. The van der Waals surface area contributed by atoms with E-state index in [1.165, 1.54) is 18.2 Å². The van der Waals surface area contributed by atoms with Gasteiger partial charge in [0.15, 0.2) is 11.7 Å². The largest absolute Gasteiger partial charge is 0.481 e. The fourth-order valence-corrected chi connectivity index (χ4v) is 9.73. The number of esters is 2. The second-order valence-corrected chi connectivity index (χ2v) is 21.6. The van der Waals surface area contributed by atoms with E-state index >= 15 is 0 Å². The van der Waals surface area contributed by atoms with Gasteiger partial charge in [0, 0.05) is 75.4 Å². The average Bonchev–Trinajstić information content (AvgIpc) is 3.32. The van der Waals surface area contributed by atoms with Gasteiger partial charge in [0.2, 0.25) is 0 Å². The van der Waals surface area contributed by atoms with Gasteiger partial charge in [-0.25, -0.2) is 4.79 Å². The summed E-state index contributed by atoms with van der Waals surface area (Å²) in [5.74, 6) is -7.48. The number of hydrogen-bond donors (Lipinski definition) is 12. The molecule has 0 aliphatic carbocycles. The van der Waals surface area contributed by atoms with Gasteiger partial charge in [0.1, 0.15) is 24.7 Å². The SMILES string of the molecule is CN=C(N)NCCC/C=C/CCCC(C)CC(C)C1OC(=O)/C=C\C(C)C(O)CC(O)C(C)C(O)CCC(C)CCC2(O)OC(CC(OC(=O)CC(=O)O)CC(O)CC(O)C(C)C(O)/C=C\C1C)CC(O)C2O.